The van der Waals surface area contributed by atoms with Crippen LogP contribution < -0.4 is 4.74 Å². The van der Waals surface area contributed by atoms with Crippen molar-refractivity contribution in [2.45, 2.75) is 50.3 Å². The molecule has 0 saturated heterocycles. The first-order valence-electron chi connectivity index (χ1n) is 10.9. The molecule has 2 atom stereocenters. The molecule has 2 aromatic carbocycles. The molecule has 0 amide bonds. The van der Waals surface area contributed by atoms with Crippen LogP contribution in [0.1, 0.15) is 36.9 Å². The Morgan fingerprint density at radius 3 is 2.58 bits per heavy atom. The van der Waals surface area contributed by atoms with Crippen molar-refractivity contribution in [3.63, 3.8) is 0 Å². The molecule has 36 heavy (non-hydrogen) atoms. The normalized spacial score (nSPS) is 16.1. The molecule has 0 radical (unpaired) electrons. The Labute approximate surface area is 209 Å². The van der Waals surface area contributed by atoms with E-state index in [1.165, 1.54) is 28.6 Å². The quantitative estimate of drug-likeness (QED) is 0.428. The third-order valence-electron chi connectivity index (χ3n) is 5.89. The van der Waals surface area contributed by atoms with Gasteiger partial charge < -0.3 is 9.84 Å². The molecule has 13 heteroatoms. The van der Waals surface area contributed by atoms with Gasteiger partial charge in [-0.1, -0.05) is 24.6 Å². The van der Waals surface area contributed by atoms with Gasteiger partial charge in [-0.3, -0.25) is 4.90 Å². The number of nitrogens with zero attached hydrogens (tertiary/aromatic N) is 3. The first-order valence-corrected chi connectivity index (χ1v) is 12.9. The average molecular weight is 548 g/mol. The van der Waals surface area contributed by atoms with Gasteiger partial charge in [0, 0.05) is 30.4 Å². The fourth-order valence-corrected chi connectivity index (χ4v) is 4.92. The molecular weight excluding hydrogens is 526 g/mol. The van der Waals surface area contributed by atoms with Crippen molar-refractivity contribution in [2.75, 3.05) is 5.75 Å². The third-order valence-corrected chi connectivity index (χ3v) is 8.00. The summed E-state index contributed by atoms with van der Waals surface area (Å²) in [5.74, 6) is -1.12. The second-order valence-corrected chi connectivity index (χ2v) is 11.0. The van der Waals surface area contributed by atoms with Gasteiger partial charge in [-0.05, 0) is 37.3 Å². The molecule has 3 aromatic rings. The van der Waals surface area contributed by atoms with Gasteiger partial charge in [-0.2, -0.15) is 18.3 Å². The number of benzene rings is 2. The highest BCUT2D eigenvalue weighted by Gasteiger charge is 2.39. The molecule has 194 valence electrons. The molecule has 1 N–H and O–H groups in total. The smallest absolute Gasteiger partial charge is 0.425 e. The van der Waals surface area contributed by atoms with E-state index in [0.29, 0.717) is 16.9 Å². The zero-order valence-corrected chi connectivity index (χ0v) is 20.7. The number of hydrogen-bond acceptors (Lipinski definition) is 6. The molecule has 7 nitrogen and oxygen atoms in total. The van der Waals surface area contributed by atoms with Crippen molar-refractivity contribution < 1.29 is 35.8 Å². The number of aliphatic hydroxyl groups excluding tert-OH is 1. The van der Waals surface area contributed by atoms with Crippen molar-refractivity contribution in [1.29, 1.82) is 0 Å². The fourth-order valence-electron chi connectivity index (χ4n) is 3.79. The van der Waals surface area contributed by atoms with E-state index in [1.54, 1.807) is 12.3 Å². The Kier molecular flexibility index (Phi) is 7.08. The number of ether oxygens (including phenoxy) is 1. The summed E-state index contributed by atoms with van der Waals surface area (Å²) in [6.07, 6.45) is -6.73. The Morgan fingerprint density at radius 2 is 1.94 bits per heavy atom. The lowest BCUT2D eigenvalue weighted by molar-refractivity contribution is -0.189. The number of sulfone groups is 1. The van der Waals surface area contributed by atoms with Crippen molar-refractivity contribution in [2.24, 2.45) is 0 Å². The highest BCUT2D eigenvalue weighted by molar-refractivity contribution is 7.91. The maximum Gasteiger partial charge on any atom is 0.425 e. The maximum absolute atomic E-state index is 13.8. The van der Waals surface area contributed by atoms with Gasteiger partial charge in [-0.25, -0.2) is 17.5 Å². The number of fused-ring (bicyclic) bond motifs is 1. The van der Waals surface area contributed by atoms with Crippen molar-refractivity contribution >= 4 is 21.4 Å². The van der Waals surface area contributed by atoms with Gasteiger partial charge in [0.2, 0.25) is 0 Å². The zero-order valence-electron chi connectivity index (χ0n) is 19.1. The number of rotatable bonds is 7. The Bertz CT molecular complexity index is 1370. The second-order valence-electron chi connectivity index (χ2n) is 8.30. The van der Waals surface area contributed by atoms with E-state index in [-0.39, 0.29) is 40.1 Å². The summed E-state index contributed by atoms with van der Waals surface area (Å²) in [6, 6.07) is 7.69. The molecule has 1 aliphatic heterocycles. The highest BCUT2D eigenvalue weighted by Crippen LogP contribution is 2.37. The van der Waals surface area contributed by atoms with Crippen LogP contribution in [0.3, 0.4) is 0 Å². The zero-order chi connectivity index (χ0) is 26.4. The van der Waals surface area contributed by atoms with Crippen molar-refractivity contribution in [3.8, 4) is 11.4 Å². The van der Waals surface area contributed by atoms with Gasteiger partial charge in [0.25, 0.3) is 0 Å². The van der Waals surface area contributed by atoms with E-state index in [2.05, 4.69) is 5.10 Å². The van der Waals surface area contributed by atoms with Crippen LogP contribution in [0, 0.1) is 5.82 Å². The van der Waals surface area contributed by atoms with Gasteiger partial charge in [0.15, 0.2) is 15.9 Å². The van der Waals surface area contributed by atoms with E-state index in [1.807, 2.05) is 0 Å². The summed E-state index contributed by atoms with van der Waals surface area (Å²) in [4.78, 5) is 1.35. The number of halogens is 5. The Balaban J connectivity index is 1.64. The minimum absolute atomic E-state index is 0.0927. The summed E-state index contributed by atoms with van der Waals surface area (Å²) in [5, 5.41) is 15.4. The predicted molar refractivity (Wildman–Crippen MR) is 123 cm³/mol. The highest BCUT2D eigenvalue weighted by atomic mass is 35.5. The molecule has 1 aromatic heterocycles. The average Bonchev–Trinajstić information content (AvgIpc) is 3.39. The lowest BCUT2D eigenvalue weighted by atomic mass is 10.1. The molecule has 1 aliphatic rings. The van der Waals surface area contributed by atoms with Crippen LogP contribution in [-0.4, -0.2) is 46.2 Å². The molecule has 0 fully saturated rings. The van der Waals surface area contributed by atoms with Gasteiger partial charge >= 0.3 is 6.18 Å². The monoisotopic (exact) mass is 547 g/mol. The number of hydrogen-bond donors (Lipinski definition) is 1. The predicted octanol–water partition coefficient (Wildman–Crippen LogP) is 4.79. The molecular formula is C23H22ClF4N3O4S. The van der Waals surface area contributed by atoms with Gasteiger partial charge in [-0.15, -0.1) is 0 Å². The topological polar surface area (TPSA) is 84.7 Å². The van der Waals surface area contributed by atoms with Crippen LogP contribution in [0.25, 0.3) is 5.69 Å². The molecule has 0 spiro atoms. The lowest BCUT2D eigenvalue weighted by Gasteiger charge is -2.27. The molecule has 2 heterocycles. The van der Waals surface area contributed by atoms with E-state index in [4.69, 9.17) is 16.3 Å². The minimum Gasteiger partial charge on any atom is -0.481 e. The SMILES string of the molecule is CCS(=O)(=O)c1ccc(OC(C)C(F)(F)F)c(C(O)N2Cc3cn(-c4cccc(F)c4Cl)nc3C2)c1. The summed E-state index contributed by atoms with van der Waals surface area (Å²) in [6.45, 7) is 2.49. The standard InChI is InChI=1S/C23H22ClF4N3O4S/c1-3-36(33,34)15-7-8-20(35-13(2)23(26,27)28)16(9-15)22(32)30-10-14-11-31(29-18(14)12-30)19-6-4-5-17(25)21(19)24/h4-9,11,13,22,32H,3,10,12H2,1-2H3. The van der Waals surface area contributed by atoms with E-state index in [0.717, 1.165) is 25.1 Å². The first-order chi connectivity index (χ1) is 16.8. The number of aromatic nitrogens is 2. The number of aliphatic hydroxyl groups is 1. The molecule has 2 unspecified atom stereocenters. The van der Waals surface area contributed by atoms with Crippen LogP contribution in [-0.2, 0) is 22.9 Å². The van der Waals surface area contributed by atoms with Crippen molar-refractivity contribution in [1.82, 2.24) is 14.7 Å². The Morgan fingerprint density at radius 1 is 1.22 bits per heavy atom. The summed E-state index contributed by atoms with van der Waals surface area (Å²) in [7, 11) is -3.70. The summed E-state index contributed by atoms with van der Waals surface area (Å²) in [5.41, 5.74) is 1.43. The van der Waals surface area contributed by atoms with E-state index in [9.17, 15) is 31.1 Å². The summed E-state index contributed by atoms with van der Waals surface area (Å²) >= 11 is 6.03. The first kappa shape index (κ1) is 26.4. The Hall–Kier alpha value is -2.67. The third kappa shape index (κ3) is 5.08. The molecule has 4 rings (SSSR count). The molecule has 0 bridgehead atoms. The van der Waals surface area contributed by atoms with Crippen LogP contribution in [0.2, 0.25) is 5.02 Å². The maximum atomic E-state index is 13.8. The lowest BCUT2D eigenvalue weighted by Crippen LogP contribution is -2.32. The van der Waals surface area contributed by atoms with Crippen LogP contribution in [0.15, 0.2) is 47.5 Å². The van der Waals surface area contributed by atoms with E-state index < -0.39 is 34.2 Å². The molecule has 0 saturated carbocycles. The number of alkyl halides is 3. The van der Waals surface area contributed by atoms with Crippen LogP contribution in [0.4, 0.5) is 17.6 Å². The van der Waals surface area contributed by atoms with Gasteiger partial charge in [0.1, 0.15) is 22.8 Å². The molecule has 0 aliphatic carbocycles. The van der Waals surface area contributed by atoms with Gasteiger partial charge in [0.05, 0.1) is 22.0 Å². The van der Waals surface area contributed by atoms with E-state index >= 15 is 0 Å². The van der Waals surface area contributed by atoms with Crippen molar-refractivity contribution in [3.05, 3.63) is 70.3 Å². The summed E-state index contributed by atoms with van der Waals surface area (Å²) < 4.78 is 84.5. The van der Waals surface area contributed by atoms with Crippen LogP contribution in [0.5, 0.6) is 5.75 Å². The fraction of sp³-hybridized carbons (Fsp3) is 0.348. The van der Waals surface area contributed by atoms with Crippen LogP contribution >= 0.6 is 11.6 Å². The minimum atomic E-state index is -4.66. The largest absolute Gasteiger partial charge is 0.481 e. The second kappa shape index (κ2) is 9.66.